The number of nitrogen functional groups attached to an aromatic ring is 1. The molecule has 1 amide bonds. The van der Waals surface area contributed by atoms with Gasteiger partial charge in [-0.3, -0.25) is 4.79 Å². The topological polar surface area (TPSA) is 120 Å². The van der Waals surface area contributed by atoms with Gasteiger partial charge in [-0.1, -0.05) is 5.16 Å². The number of amides is 1. The number of nitrogens with two attached hydrogens (primary N) is 1. The van der Waals surface area contributed by atoms with Gasteiger partial charge in [0.05, 0.1) is 11.9 Å². The van der Waals surface area contributed by atoms with Gasteiger partial charge in [0.25, 0.3) is 5.91 Å². The summed E-state index contributed by atoms with van der Waals surface area (Å²) in [5.41, 5.74) is 6.38. The lowest BCUT2D eigenvalue weighted by atomic mass is 10.3. The van der Waals surface area contributed by atoms with Crippen LogP contribution in [-0.4, -0.2) is 32.8 Å². The number of hydrogen-bond donors (Lipinski definition) is 2. The number of carbonyl (C=O) groups excluding carboxylic acids is 1. The predicted molar refractivity (Wildman–Crippen MR) is 72.2 cm³/mol. The van der Waals surface area contributed by atoms with Gasteiger partial charge in [0.15, 0.2) is 5.82 Å². The van der Waals surface area contributed by atoms with Gasteiger partial charge in [-0.05, 0) is 6.07 Å². The molecule has 102 valence electrons. The molecule has 0 spiro atoms. The highest BCUT2D eigenvalue weighted by atomic mass is 32.1. The summed E-state index contributed by atoms with van der Waals surface area (Å²) in [7, 11) is 0. The molecule has 3 rings (SSSR count). The van der Waals surface area contributed by atoms with Crippen molar-refractivity contribution < 1.29 is 9.32 Å². The first kappa shape index (κ1) is 12.5. The summed E-state index contributed by atoms with van der Waals surface area (Å²) in [6, 6.07) is 1.74. The first-order valence-corrected chi connectivity index (χ1v) is 6.60. The molecule has 0 atom stereocenters. The standard InChI is InChI=1S/C11H10N6O2S/c12-8-6-1-4-15-16-11(6)20-9(8)10(18)13-3-2-7-14-5-19-17-7/h1,4-5H,2-3,12H2,(H,13,18). The summed E-state index contributed by atoms with van der Waals surface area (Å²) in [6.07, 6.45) is 3.29. The van der Waals surface area contributed by atoms with E-state index in [0.29, 0.717) is 34.2 Å². The molecule has 3 heterocycles. The van der Waals surface area contributed by atoms with Crippen molar-refractivity contribution in [3.8, 4) is 0 Å². The summed E-state index contributed by atoms with van der Waals surface area (Å²) in [6.45, 7) is 0.401. The summed E-state index contributed by atoms with van der Waals surface area (Å²) in [5.74, 6) is 0.300. The Kier molecular flexibility index (Phi) is 3.25. The van der Waals surface area contributed by atoms with Gasteiger partial charge in [0.2, 0.25) is 6.39 Å². The largest absolute Gasteiger partial charge is 0.397 e. The molecule has 0 radical (unpaired) electrons. The van der Waals surface area contributed by atoms with Crippen LogP contribution in [0.15, 0.2) is 23.2 Å². The number of aromatic nitrogens is 4. The number of thiophene rings is 1. The molecule has 3 aromatic rings. The first-order valence-electron chi connectivity index (χ1n) is 5.79. The van der Waals surface area contributed by atoms with Gasteiger partial charge in [0.1, 0.15) is 9.71 Å². The molecule has 0 saturated heterocycles. The van der Waals surface area contributed by atoms with E-state index in [1.54, 1.807) is 12.3 Å². The Labute approximate surface area is 117 Å². The second-order valence-corrected chi connectivity index (χ2v) is 4.95. The van der Waals surface area contributed by atoms with Crippen molar-refractivity contribution in [1.82, 2.24) is 25.7 Å². The Morgan fingerprint density at radius 1 is 1.50 bits per heavy atom. The monoisotopic (exact) mass is 290 g/mol. The van der Waals surface area contributed by atoms with Gasteiger partial charge in [-0.2, -0.15) is 10.1 Å². The third kappa shape index (κ3) is 2.30. The maximum absolute atomic E-state index is 12.1. The SMILES string of the molecule is Nc1c(C(=O)NCCc2ncon2)sc2nnccc12. The predicted octanol–water partition coefficient (Wildman–Crippen LogP) is 0.629. The fourth-order valence-electron chi connectivity index (χ4n) is 1.71. The fraction of sp³-hybridized carbons (Fsp3) is 0.182. The Hall–Kier alpha value is -2.55. The minimum Gasteiger partial charge on any atom is -0.397 e. The minimum atomic E-state index is -0.242. The molecule has 9 heteroatoms. The quantitative estimate of drug-likeness (QED) is 0.723. The number of nitrogens with one attached hydrogen (secondary N) is 1. The Bertz CT molecular complexity index is 739. The van der Waals surface area contributed by atoms with Crippen LogP contribution in [0.1, 0.15) is 15.5 Å². The molecule has 0 aromatic carbocycles. The third-order valence-corrected chi connectivity index (χ3v) is 3.77. The highest BCUT2D eigenvalue weighted by Gasteiger charge is 2.16. The molecule has 8 nitrogen and oxygen atoms in total. The average molecular weight is 290 g/mol. The van der Waals surface area contributed by atoms with Crippen molar-refractivity contribution in [2.45, 2.75) is 6.42 Å². The van der Waals surface area contributed by atoms with Crippen LogP contribution >= 0.6 is 11.3 Å². The lowest BCUT2D eigenvalue weighted by molar-refractivity contribution is 0.0959. The lowest BCUT2D eigenvalue weighted by Gasteiger charge is -2.02. The summed E-state index contributed by atoms with van der Waals surface area (Å²) < 4.78 is 4.61. The van der Waals surface area contributed by atoms with E-state index in [4.69, 9.17) is 5.73 Å². The van der Waals surface area contributed by atoms with Crippen molar-refractivity contribution >= 4 is 33.1 Å². The zero-order valence-corrected chi connectivity index (χ0v) is 11.1. The minimum absolute atomic E-state index is 0.242. The van der Waals surface area contributed by atoms with Crippen LogP contribution in [0.4, 0.5) is 5.69 Å². The number of fused-ring (bicyclic) bond motifs is 1. The van der Waals surface area contributed by atoms with Gasteiger partial charge in [-0.15, -0.1) is 16.4 Å². The second-order valence-electron chi connectivity index (χ2n) is 3.95. The van der Waals surface area contributed by atoms with E-state index in [2.05, 4.69) is 30.2 Å². The van der Waals surface area contributed by atoms with E-state index < -0.39 is 0 Å². The summed E-state index contributed by atoms with van der Waals surface area (Å²) >= 11 is 1.22. The van der Waals surface area contributed by atoms with E-state index in [0.717, 1.165) is 5.39 Å². The van der Waals surface area contributed by atoms with Crippen molar-refractivity contribution in [2.75, 3.05) is 12.3 Å². The summed E-state index contributed by atoms with van der Waals surface area (Å²) in [4.78, 5) is 17.0. The van der Waals surface area contributed by atoms with E-state index in [1.807, 2.05) is 0 Å². The van der Waals surface area contributed by atoms with Gasteiger partial charge in [-0.25, -0.2) is 0 Å². The van der Waals surface area contributed by atoms with Gasteiger partial charge < -0.3 is 15.6 Å². The van der Waals surface area contributed by atoms with Crippen LogP contribution < -0.4 is 11.1 Å². The third-order valence-electron chi connectivity index (χ3n) is 2.67. The molecule has 0 aliphatic rings. The number of rotatable bonds is 4. The van der Waals surface area contributed by atoms with E-state index in [9.17, 15) is 4.79 Å². The van der Waals surface area contributed by atoms with Crippen molar-refractivity contribution in [2.24, 2.45) is 0 Å². The average Bonchev–Trinajstić information content (AvgIpc) is 3.08. The van der Waals surface area contributed by atoms with Crippen LogP contribution in [0.5, 0.6) is 0 Å². The van der Waals surface area contributed by atoms with E-state index in [1.165, 1.54) is 17.7 Å². The molecular formula is C11H10N6O2S. The van der Waals surface area contributed by atoms with E-state index in [-0.39, 0.29) is 5.91 Å². The Morgan fingerprint density at radius 3 is 3.15 bits per heavy atom. The molecule has 3 N–H and O–H groups in total. The van der Waals surface area contributed by atoms with Crippen LogP contribution in [0.25, 0.3) is 10.2 Å². The number of hydrogen-bond acceptors (Lipinski definition) is 8. The molecule has 0 fully saturated rings. The van der Waals surface area contributed by atoms with Crippen LogP contribution in [0.2, 0.25) is 0 Å². The zero-order chi connectivity index (χ0) is 13.9. The molecule has 0 aliphatic carbocycles. The summed E-state index contributed by atoms with van der Waals surface area (Å²) in [5, 5.41) is 14.9. The van der Waals surface area contributed by atoms with Crippen molar-refractivity contribution in [3.05, 3.63) is 29.4 Å². The molecular weight excluding hydrogens is 280 g/mol. The molecule has 20 heavy (non-hydrogen) atoms. The molecule has 0 aliphatic heterocycles. The van der Waals surface area contributed by atoms with Crippen LogP contribution in [0.3, 0.4) is 0 Å². The molecule has 0 unspecified atom stereocenters. The lowest BCUT2D eigenvalue weighted by Crippen LogP contribution is -2.25. The Balaban J connectivity index is 1.71. The van der Waals surface area contributed by atoms with Crippen molar-refractivity contribution in [1.29, 1.82) is 0 Å². The highest BCUT2D eigenvalue weighted by Crippen LogP contribution is 2.31. The smallest absolute Gasteiger partial charge is 0.263 e. The second kappa shape index (κ2) is 5.21. The van der Waals surface area contributed by atoms with Crippen LogP contribution in [0, 0.1) is 0 Å². The maximum atomic E-state index is 12.1. The normalized spacial score (nSPS) is 10.8. The Morgan fingerprint density at radius 2 is 2.40 bits per heavy atom. The zero-order valence-electron chi connectivity index (χ0n) is 10.2. The maximum Gasteiger partial charge on any atom is 0.263 e. The number of nitrogens with zero attached hydrogens (tertiary/aromatic N) is 4. The van der Waals surface area contributed by atoms with Gasteiger partial charge in [0, 0.05) is 18.4 Å². The fourth-order valence-corrected chi connectivity index (χ4v) is 2.67. The number of anilines is 1. The molecule has 0 saturated carbocycles. The first-order chi connectivity index (χ1) is 9.75. The van der Waals surface area contributed by atoms with Crippen LogP contribution in [-0.2, 0) is 6.42 Å². The van der Waals surface area contributed by atoms with E-state index >= 15 is 0 Å². The highest BCUT2D eigenvalue weighted by molar-refractivity contribution is 7.21. The molecule has 3 aromatic heterocycles. The van der Waals surface area contributed by atoms with Crippen molar-refractivity contribution in [3.63, 3.8) is 0 Å². The van der Waals surface area contributed by atoms with Gasteiger partial charge >= 0.3 is 0 Å². The number of carbonyl (C=O) groups is 1. The molecule has 0 bridgehead atoms.